The van der Waals surface area contributed by atoms with Gasteiger partial charge < -0.3 is 15.0 Å². The highest BCUT2D eigenvalue weighted by molar-refractivity contribution is 6.32. The first-order valence-corrected chi connectivity index (χ1v) is 7.66. The van der Waals surface area contributed by atoms with Crippen molar-refractivity contribution >= 4 is 17.3 Å². The van der Waals surface area contributed by atoms with Gasteiger partial charge in [-0.2, -0.15) is 5.10 Å². The molecule has 0 atom stereocenters. The second kappa shape index (κ2) is 9.76. The van der Waals surface area contributed by atoms with Gasteiger partial charge in [0.15, 0.2) is 0 Å². The largest absolute Gasteiger partial charge is 0.382 e. The number of rotatable bonds is 10. The first kappa shape index (κ1) is 17.9. The molecule has 6 nitrogen and oxygen atoms in total. The van der Waals surface area contributed by atoms with E-state index in [2.05, 4.69) is 17.3 Å². The van der Waals surface area contributed by atoms with E-state index >= 15 is 0 Å². The van der Waals surface area contributed by atoms with Crippen molar-refractivity contribution in [3.8, 4) is 0 Å². The van der Waals surface area contributed by atoms with Crippen molar-refractivity contribution in [2.24, 2.45) is 0 Å². The first-order valence-electron chi connectivity index (χ1n) is 7.28. The summed E-state index contributed by atoms with van der Waals surface area (Å²) in [4.78, 5) is 14.1. The molecule has 1 aromatic rings. The van der Waals surface area contributed by atoms with E-state index in [1.54, 1.807) is 6.20 Å². The summed E-state index contributed by atoms with van der Waals surface area (Å²) >= 11 is 6.10. The molecule has 7 heteroatoms. The Morgan fingerprint density at radius 2 is 2.19 bits per heavy atom. The Kier molecular flexibility index (Phi) is 8.34. The third kappa shape index (κ3) is 6.46. The summed E-state index contributed by atoms with van der Waals surface area (Å²) in [5.41, 5.74) is 0.323. The molecule has 1 heterocycles. The minimum absolute atomic E-state index is 0.193. The van der Waals surface area contributed by atoms with Crippen LogP contribution in [0.1, 0.15) is 19.8 Å². The second-order valence-electron chi connectivity index (χ2n) is 5.10. The van der Waals surface area contributed by atoms with Crippen molar-refractivity contribution in [1.82, 2.24) is 14.7 Å². The summed E-state index contributed by atoms with van der Waals surface area (Å²) in [6, 6.07) is 0. The van der Waals surface area contributed by atoms with Crippen LogP contribution < -0.4 is 10.9 Å². The third-order valence-electron chi connectivity index (χ3n) is 2.87. The molecule has 0 amide bonds. The van der Waals surface area contributed by atoms with Crippen molar-refractivity contribution < 1.29 is 4.74 Å². The van der Waals surface area contributed by atoms with Gasteiger partial charge in [0, 0.05) is 26.3 Å². The van der Waals surface area contributed by atoms with Crippen LogP contribution in [-0.2, 0) is 11.3 Å². The minimum Gasteiger partial charge on any atom is -0.382 e. The van der Waals surface area contributed by atoms with E-state index in [0.29, 0.717) is 25.4 Å². The topological polar surface area (TPSA) is 59.4 Å². The highest BCUT2D eigenvalue weighted by Crippen LogP contribution is 2.14. The standard InChI is InChI=1S/C14H25ClN4O2/c1-4-9-21-10-5-6-16-12-11-17-19(8-7-18(2)3)14(20)13(12)15/h11,16H,4-10H2,1-3H3. The van der Waals surface area contributed by atoms with Crippen molar-refractivity contribution in [1.29, 1.82) is 0 Å². The normalized spacial score (nSPS) is 11.1. The van der Waals surface area contributed by atoms with E-state index in [0.717, 1.165) is 26.0 Å². The SMILES string of the molecule is CCCOCCCNc1cnn(CCN(C)C)c(=O)c1Cl. The van der Waals surface area contributed by atoms with Gasteiger partial charge in [0.05, 0.1) is 18.4 Å². The third-order valence-corrected chi connectivity index (χ3v) is 3.24. The van der Waals surface area contributed by atoms with Crippen LogP contribution >= 0.6 is 11.6 Å². The van der Waals surface area contributed by atoms with Crippen molar-refractivity contribution in [3.63, 3.8) is 0 Å². The summed E-state index contributed by atoms with van der Waals surface area (Å²) in [5.74, 6) is 0. The molecule has 0 aromatic carbocycles. The number of nitrogens with zero attached hydrogens (tertiary/aromatic N) is 3. The van der Waals surface area contributed by atoms with E-state index in [-0.39, 0.29) is 10.6 Å². The first-order chi connectivity index (χ1) is 10.1. The lowest BCUT2D eigenvalue weighted by molar-refractivity contribution is 0.134. The predicted molar refractivity (Wildman–Crippen MR) is 86.3 cm³/mol. The van der Waals surface area contributed by atoms with E-state index in [4.69, 9.17) is 16.3 Å². The molecule has 1 N–H and O–H groups in total. The molecular formula is C14H25ClN4O2. The maximum Gasteiger partial charge on any atom is 0.287 e. The van der Waals surface area contributed by atoms with Crippen LogP contribution in [0.5, 0.6) is 0 Å². The van der Waals surface area contributed by atoms with Crippen LogP contribution in [0, 0.1) is 0 Å². The van der Waals surface area contributed by atoms with E-state index in [9.17, 15) is 4.79 Å². The van der Waals surface area contributed by atoms with Crippen LogP contribution in [0.15, 0.2) is 11.0 Å². The number of halogens is 1. The fourth-order valence-corrected chi connectivity index (χ4v) is 1.90. The Labute approximate surface area is 131 Å². The quantitative estimate of drug-likeness (QED) is 0.666. The Balaban J connectivity index is 2.49. The molecular weight excluding hydrogens is 292 g/mol. The maximum atomic E-state index is 12.1. The number of aromatic nitrogens is 2. The number of nitrogens with one attached hydrogen (secondary N) is 1. The predicted octanol–water partition coefficient (Wildman–Crippen LogP) is 1.69. The van der Waals surface area contributed by atoms with Crippen LogP contribution in [0.3, 0.4) is 0 Å². The molecule has 1 aromatic heterocycles. The molecule has 0 radical (unpaired) electrons. The molecule has 0 bridgehead atoms. The smallest absolute Gasteiger partial charge is 0.287 e. The van der Waals surface area contributed by atoms with Crippen LogP contribution in [0.25, 0.3) is 0 Å². The van der Waals surface area contributed by atoms with Crippen LogP contribution in [0.2, 0.25) is 5.02 Å². The van der Waals surface area contributed by atoms with Gasteiger partial charge in [-0.25, -0.2) is 4.68 Å². The average molecular weight is 317 g/mol. The van der Waals surface area contributed by atoms with E-state index in [1.165, 1.54) is 4.68 Å². The lowest BCUT2D eigenvalue weighted by atomic mass is 10.4. The van der Waals surface area contributed by atoms with Gasteiger partial charge in [-0.15, -0.1) is 0 Å². The summed E-state index contributed by atoms with van der Waals surface area (Å²) in [6.07, 6.45) is 3.49. The molecule has 0 saturated carbocycles. The fourth-order valence-electron chi connectivity index (χ4n) is 1.69. The number of ether oxygens (including phenoxy) is 1. The average Bonchev–Trinajstić information content (AvgIpc) is 2.45. The zero-order valence-electron chi connectivity index (χ0n) is 13.1. The van der Waals surface area contributed by atoms with Crippen molar-refractivity contribution in [2.75, 3.05) is 45.7 Å². The number of anilines is 1. The van der Waals surface area contributed by atoms with E-state index in [1.807, 2.05) is 19.0 Å². The molecule has 1 rings (SSSR count). The molecule has 0 aliphatic carbocycles. The van der Waals surface area contributed by atoms with Crippen LogP contribution in [0.4, 0.5) is 5.69 Å². The molecule has 0 aliphatic rings. The number of hydrogen-bond acceptors (Lipinski definition) is 5. The molecule has 0 fully saturated rings. The Hall–Kier alpha value is -1.11. The summed E-state index contributed by atoms with van der Waals surface area (Å²) < 4.78 is 6.78. The lowest BCUT2D eigenvalue weighted by Crippen LogP contribution is -2.29. The van der Waals surface area contributed by atoms with Gasteiger partial charge in [0.25, 0.3) is 5.56 Å². The molecule has 0 saturated heterocycles. The summed E-state index contributed by atoms with van der Waals surface area (Å²) in [6.45, 7) is 5.53. The van der Waals surface area contributed by atoms with Gasteiger partial charge >= 0.3 is 0 Å². The van der Waals surface area contributed by atoms with Gasteiger partial charge in [0.1, 0.15) is 5.02 Å². The Morgan fingerprint density at radius 1 is 1.43 bits per heavy atom. The zero-order chi connectivity index (χ0) is 15.7. The highest BCUT2D eigenvalue weighted by atomic mass is 35.5. The molecule has 21 heavy (non-hydrogen) atoms. The Bertz CT molecular complexity index is 477. The molecule has 0 unspecified atom stereocenters. The van der Waals surface area contributed by atoms with E-state index < -0.39 is 0 Å². The maximum absolute atomic E-state index is 12.1. The molecule has 120 valence electrons. The fraction of sp³-hybridized carbons (Fsp3) is 0.714. The monoisotopic (exact) mass is 316 g/mol. The number of likely N-dealkylation sites (N-methyl/N-ethyl adjacent to an activating group) is 1. The minimum atomic E-state index is -0.259. The lowest BCUT2D eigenvalue weighted by Gasteiger charge is -2.12. The number of hydrogen-bond donors (Lipinski definition) is 1. The summed E-state index contributed by atoms with van der Waals surface area (Å²) in [7, 11) is 3.90. The summed E-state index contributed by atoms with van der Waals surface area (Å²) in [5, 5.41) is 7.46. The Morgan fingerprint density at radius 3 is 2.86 bits per heavy atom. The van der Waals surface area contributed by atoms with Crippen LogP contribution in [-0.4, -0.2) is 55.1 Å². The van der Waals surface area contributed by atoms with Crippen molar-refractivity contribution in [3.05, 3.63) is 21.6 Å². The van der Waals surface area contributed by atoms with Gasteiger partial charge in [-0.3, -0.25) is 4.79 Å². The zero-order valence-corrected chi connectivity index (χ0v) is 13.8. The second-order valence-corrected chi connectivity index (χ2v) is 5.47. The van der Waals surface area contributed by atoms with Gasteiger partial charge in [0.2, 0.25) is 0 Å². The van der Waals surface area contributed by atoms with Crippen molar-refractivity contribution in [2.45, 2.75) is 26.3 Å². The van der Waals surface area contributed by atoms with Gasteiger partial charge in [-0.1, -0.05) is 18.5 Å². The highest BCUT2D eigenvalue weighted by Gasteiger charge is 2.08. The molecule has 0 aliphatic heterocycles. The molecule has 0 spiro atoms. The van der Waals surface area contributed by atoms with Gasteiger partial charge in [-0.05, 0) is 26.9 Å².